The molecule has 0 N–H and O–H groups in total. The van der Waals surface area contributed by atoms with Crippen molar-refractivity contribution in [2.24, 2.45) is 0 Å². The molecule has 0 amide bonds. The van der Waals surface area contributed by atoms with Crippen LogP contribution >= 0.6 is 0 Å². The van der Waals surface area contributed by atoms with Gasteiger partial charge in [0.25, 0.3) is 0 Å². The van der Waals surface area contributed by atoms with E-state index in [2.05, 4.69) is 161 Å². The van der Waals surface area contributed by atoms with Gasteiger partial charge in [-0.25, -0.2) is 4.98 Å². The summed E-state index contributed by atoms with van der Waals surface area (Å²) in [5.41, 5.74) is 14.4. The predicted molar refractivity (Wildman–Crippen MR) is 227 cm³/mol. The summed E-state index contributed by atoms with van der Waals surface area (Å²) in [7, 11) is 2.24. The van der Waals surface area contributed by atoms with Crippen molar-refractivity contribution in [3.8, 4) is 11.1 Å². The number of allylic oxidation sites excluding steroid dienone is 5. The second-order valence-electron chi connectivity index (χ2n) is 14.5. The van der Waals surface area contributed by atoms with Gasteiger partial charge in [-0.2, -0.15) is 0 Å². The van der Waals surface area contributed by atoms with Gasteiger partial charge in [-0.1, -0.05) is 168 Å². The third-order valence-corrected chi connectivity index (χ3v) is 10.6. The van der Waals surface area contributed by atoms with Crippen LogP contribution < -0.4 is 4.90 Å². The Morgan fingerprint density at radius 1 is 0.731 bits per heavy atom. The number of aromatic nitrogens is 1. The number of benzene rings is 4. The Hall–Kier alpha value is -4.95. The van der Waals surface area contributed by atoms with E-state index in [0.29, 0.717) is 0 Å². The first-order valence-electron chi connectivity index (χ1n) is 19.6. The van der Waals surface area contributed by atoms with Crippen LogP contribution in [0.15, 0.2) is 140 Å². The summed E-state index contributed by atoms with van der Waals surface area (Å²) in [6.45, 7) is 11.0. The van der Waals surface area contributed by atoms with Gasteiger partial charge >= 0.3 is 0 Å². The minimum absolute atomic E-state index is 0.106. The van der Waals surface area contributed by atoms with Gasteiger partial charge in [0, 0.05) is 23.7 Å². The Kier molecular flexibility index (Phi) is 12.8. The quantitative estimate of drug-likeness (QED) is 0.0760. The highest BCUT2D eigenvalue weighted by Gasteiger charge is 2.27. The monoisotopic (exact) mass is 684 g/mol. The van der Waals surface area contributed by atoms with Gasteiger partial charge < -0.3 is 4.90 Å². The largest absolute Gasteiger partial charge is 0.364 e. The lowest BCUT2D eigenvalue weighted by atomic mass is 9.86. The van der Waals surface area contributed by atoms with Crippen LogP contribution in [0.5, 0.6) is 0 Å². The number of likely N-dealkylation sites (N-methyl/N-ethyl adjacent to an activating group) is 1. The fraction of sp³-hybridized carbons (Fsp3) is 0.300. The number of anilines is 1. The number of rotatable bonds is 16. The van der Waals surface area contributed by atoms with E-state index < -0.39 is 0 Å². The highest BCUT2D eigenvalue weighted by atomic mass is 15.1. The number of hydrogen-bond donors (Lipinski definition) is 0. The second kappa shape index (κ2) is 18.0. The van der Waals surface area contributed by atoms with Crippen LogP contribution in [0.4, 0.5) is 5.69 Å². The molecule has 2 heteroatoms. The molecule has 1 aromatic heterocycles. The van der Waals surface area contributed by atoms with E-state index in [1.807, 2.05) is 6.08 Å². The molecule has 1 aliphatic rings. The second-order valence-corrected chi connectivity index (χ2v) is 14.5. The van der Waals surface area contributed by atoms with Crippen LogP contribution in [0.3, 0.4) is 0 Å². The molecule has 2 heterocycles. The zero-order valence-corrected chi connectivity index (χ0v) is 31.9. The molecule has 0 aliphatic carbocycles. The highest BCUT2D eigenvalue weighted by molar-refractivity contribution is 6.03. The number of fused-ring (bicyclic) bond motifs is 2. The molecule has 266 valence electrons. The van der Waals surface area contributed by atoms with E-state index in [0.717, 1.165) is 35.0 Å². The van der Waals surface area contributed by atoms with Crippen molar-refractivity contribution in [2.75, 3.05) is 11.9 Å². The zero-order chi connectivity index (χ0) is 36.3. The fourth-order valence-electron chi connectivity index (χ4n) is 7.51. The Labute approximate surface area is 313 Å². The summed E-state index contributed by atoms with van der Waals surface area (Å²) in [6.07, 6.45) is 21.4. The molecule has 0 bridgehead atoms. The summed E-state index contributed by atoms with van der Waals surface area (Å²) in [4.78, 5) is 7.81. The minimum atomic E-state index is 0.106. The van der Waals surface area contributed by atoms with Gasteiger partial charge in [0.05, 0.1) is 17.3 Å². The topological polar surface area (TPSA) is 16.1 Å². The third-order valence-electron chi connectivity index (χ3n) is 10.6. The van der Waals surface area contributed by atoms with E-state index in [9.17, 15) is 0 Å². The van der Waals surface area contributed by atoms with E-state index in [4.69, 9.17) is 4.98 Å². The fourth-order valence-corrected chi connectivity index (χ4v) is 7.51. The number of unbranched alkanes of at least 4 members (excludes halogenated alkanes) is 6. The molecule has 0 saturated carbocycles. The van der Waals surface area contributed by atoms with Crippen molar-refractivity contribution >= 4 is 27.7 Å². The Balaban J connectivity index is 1.45. The molecule has 5 aromatic rings. The van der Waals surface area contributed by atoms with Crippen LogP contribution in [0.1, 0.15) is 113 Å². The SMILES string of the molecule is C=C/C(=C\C=C(/C)CCCCCC)c1cc(-c2ccccc2)c2cc3c(cc2n1)C(c1ccccc1)=CC(c1ccc(CCCCCC)cc1)N3C. The first-order valence-corrected chi connectivity index (χ1v) is 19.6. The van der Waals surface area contributed by atoms with Gasteiger partial charge in [0.2, 0.25) is 0 Å². The first-order chi connectivity index (χ1) is 25.5. The summed E-state index contributed by atoms with van der Waals surface area (Å²) in [5.74, 6) is 0. The van der Waals surface area contributed by atoms with Gasteiger partial charge in [-0.05, 0) is 95.8 Å². The van der Waals surface area contributed by atoms with E-state index in [-0.39, 0.29) is 6.04 Å². The number of aryl methyl sites for hydroxylation is 1. The average molecular weight is 685 g/mol. The van der Waals surface area contributed by atoms with Gasteiger partial charge in [0.15, 0.2) is 0 Å². The molecule has 4 aromatic carbocycles. The van der Waals surface area contributed by atoms with Crippen molar-refractivity contribution in [3.05, 3.63) is 168 Å². The van der Waals surface area contributed by atoms with Gasteiger partial charge in [0.1, 0.15) is 0 Å². The summed E-state index contributed by atoms with van der Waals surface area (Å²) < 4.78 is 0. The van der Waals surface area contributed by atoms with Crippen LogP contribution in [-0.2, 0) is 6.42 Å². The van der Waals surface area contributed by atoms with E-state index >= 15 is 0 Å². The smallest absolute Gasteiger partial charge is 0.0732 e. The molecule has 0 saturated heterocycles. The number of pyridine rings is 1. The predicted octanol–water partition coefficient (Wildman–Crippen LogP) is 14.1. The maximum absolute atomic E-state index is 5.37. The lowest BCUT2D eigenvalue weighted by Crippen LogP contribution is -2.27. The van der Waals surface area contributed by atoms with Crippen molar-refractivity contribution in [3.63, 3.8) is 0 Å². The van der Waals surface area contributed by atoms with Crippen LogP contribution in [0.2, 0.25) is 0 Å². The average Bonchev–Trinajstić information content (AvgIpc) is 3.19. The van der Waals surface area contributed by atoms with Crippen LogP contribution in [-0.4, -0.2) is 12.0 Å². The van der Waals surface area contributed by atoms with Crippen LogP contribution in [0.25, 0.3) is 33.2 Å². The molecule has 52 heavy (non-hydrogen) atoms. The Bertz CT molecular complexity index is 2030. The normalized spacial score (nSPS) is 14.7. The first kappa shape index (κ1) is 36.8. The Morgan fingerprint density at radius 3 is 2.08 bits per heavy atom. The van der Waals surface area contributed by atoms with E-state index in [1.54, 1.807) is 0 Å². The maximum Gasteiger partial charge on any atom is 0.0732 e. The number of hydrogen-bond acceptors (Lipinski definition) is 2. The van der Waals surface area contributed by atoms with Gasteiger partial charge in [-0.3, -0.25) is 0 Å². The molecule has 0 radical (unpaired) electrons. The number of nitrogens with zero attached hydrogens (tertiary/aromatic N) is 2. The zero-order valence-electron chi connectivity index (χ0n) is 31.9. The van der Waals surface area contributed by atoms with Crippen molar-refractivity contribution in [1.29, 1.82) is 0 Å². The maximum atomic E-state index is 5.37. The van der Waals surface area contributed by atoms with Crippen molar-refractivity contribution < 1.29 is 0 Å². The lowest BCUT2D eigenvalue weighted by Gasteiger charge is -2.36. The summed E-state index contributed by atoms with van der Waals surface area (Å²) >= 11 is 0. The van der Waals surface area contributed by atoms with Crippen molar-refractivity contribution in [2.45, 2.75) is 91.0 Å². The molecule has 1 atom stereocenters. The molecular weight excluding hydrogens is 629 g/mol. The van der Waals surface area contributed by atoms with Crippen molar-refractivity contribution in [1.82, 2.24) is 4.98 Å². The van der Waals surface area contributed by atoms with E-state index in [1.165, 1.54) is 102 Å². The molecule has 0 spiro atoms. The molecule has 0 fully saturated rings. The molecule has 1 unspecified atom stereocenters. The molecule has 6 rings (SSSR count). The Morgan fingerprint density at radius 2 is 1.40 bits per heavy atom. The standard InChI is InChI=1S/C50H56N2/c1-6-9-11-15-21-37(4)27-30-39(8-3)47-33-43(40-23-17-13-18-24-40)45-36-50-46(34-48(45)51-47)44(41-25-19-14-20-26-41)35-49(52(50)5)42-31-28-38(29-32-42)22-16-12-10-7-2/h8,13-14,17-20,23-36,49H,3,6-7,9-12,15-16,21-22H2,1-2,4-5H3/b37-27+,39-30+. The molecular formula is C50H56N2. The third kappa shape index (κ3) is 8.73. The summed E-state index contributed by atoms with van der Waals surface area (Å²) in [6, 6.07) is 38.0. The van der Waals surface area contributed by atoms with Crippen LogP contribution in [0, 0.1) is 0 Å². The minimum Gasteiger partial charge on any atom is -0.364 e. The van der Waals surface area contributed by atoms with Gasteiger partial charge in [-0.15, -0.1) is 0 Å². The molecule has 2 nitrogen and oxygen atoms in total. The summed E-state index contributed by atoms with van der Waals surface area (Å²) in [5, 5.41) is 1.15. The lowest BCUT2D eigenvalue weighted by molar-refractivity contribution is 0.664. The highest BCUT2D eigenvalue weighted by Crippen LogP contribution is 2.45. The molecule has 1 aliphatic heterocycles.